The molecule has 0 saturated carbocycles. The van der Waals surface area contributed by atoms with Crippen molar-refractivity contribution in [1.82, 2.24) is 5.32 Å². The topological polar surface area (TPSA) is 84.5 Å². The Labute approximate surface area is 174 Å². The van der Waals surface area contributed by atoms with Crippen LogP contribution in [0.5, 0.6) is 0 Å². The lowest BCUT2D eigenvalue weighted by atomic mass is 9.88. The lowest BCUT2D eigenvalue weighted by Crippen LogP contribution is -2.32. The van der Waals surface area contributed by atoms with E-state index in [1.807, 2.05) is 26.0 Å². The summed E-state index contributed by atoms with van der Waals surface area (Å²) in [4.78, 5) is 38.5. The molecule has 0 radical (unpaired) electrons. The first kappa shape index (κ1) is 21.0. The van der Waals surface area contributed by atoms with Crippen LogP contribution in [-0.2, 0) is 17.6 Å². The standard InChI is InChI=1S/C22H26N2O4S/c1-5-28-22(27)24-20(26)18-16-9-6-12(2)10-17(16)29-21(18)23-19(25)15-8-7-13(3)14(4)11-15/h7-8,11-12H,5-6,9-10H2,1-4H3,(H,23,25)(H,24,26,27)/t12-/m0/s1. The zero-order chi connectivity index (χ0) is 21.1. The summed E-state index contributed by atoms with van der Waals surface area (Å²) in [6.45, 7) is 7.97. The third-order valence-corrected chi connectivity index (χ3v) is 6.40. The number of ether oxygens (including phenoxy) is 1. The fourth-order valence-electron chi connectivity index (χ4n) is 3.46. The molecule has 0 spiro atoms. The summed E-state index contributed by atoms with van der Waals surface area (Å²) in [5.74, 6) is -0.291. The van der Waals surface area contributed by atoms with Gasteiger partial charge in [-0.25, -0.2) is 4.79 Å². The molecule has 1 aromatic heterocycles. The summed E-state index contributed by atoms with van der Waals surface area (Å²) in [6.07, 6.45) is 1.79. The van der Waals surface area contributed by atoms with E-state index in [1.54, 1.807) is 13.0 Å². The smallest absolute Gasteiger partial charge is 0.414 e. The van der Waals surface area contributed by atoms with Crippen LogP contribution < -0.4 is 10.6 Å². The predicted octanol–water partition coefficient (Wildman–Crippen LogP) is 4.63. The van der Waals surface area contributed by atoms with Gasteiger partial charge in [0.05, 0.1) is 12.2 Å². The van der Waals surface area contributed by atoms with Crippen molar-refractivity contribution in [1.29, 1.82) is 0 Å². The number of hydrogen-bond acceptors (Lipinski definition) is 5. The van der Waals surface area contributed by atoms with Gasteiger partial charge in [-0.1, -0.05) is 13.0 Å². The van der Waals surface area contributed by atoms with Gasteiger partial charge in [-0.3, -0.25) is 14.9 Å². The van der Waals surface area contributed by atoms with Crippen molar-refractivity contribution >= 4 is 34.2 Å². The highest BCUT2D eigenvalue weighted by molar-refractivity contribution is 7.17. The van der Waals surface area contributed by atoms with Crippen LogP contribution in [0.2, 0.25) is 0 Å². The van der Waals surface area contributed by atoms with Gasteiger partial charge >= 0.3 is 6.09 Å². The number of nitrogens with one attached hydrogen (secondary N) is 2. The van der Waals surface area contributed by atoms with Gasteiger partial charge < -0.3 is 10.1 Å². The number of imide groups is 1. The van der Waals surface area contributed by atoms with Gasteiger partial charge in [-0.05, 0) is 74.8 Å². The average Bonchev–Trinajstić information content (AvgIpc) is 3.00. The molecule has 154 valence electrons. The van der Waals surface area contributed by atoms with E-state index < -0.39 is 12.0 Å². The Morgan fingerprint density at radius 1 is 1.17 bits per heavy atom. The monoisotopic (exact) mass is 414 g/mol. The quantitative estimate of drug-likeness (QED) is 0.764. The summed E-state index contributed by atoms with van der Waals surface area (Å²) in [7, 11) is 0. The SMILES string of the molecule is CCOC(=O)NC(=O)c1c(NC(=O)c2ccc(C)c(C)c2)sc2c1CC[C@H](C)C2. The lowest BCUT2D eigenvalue weighted by molar-refractivity contribution is 0.0925. The molecule has 1 atom stereocenters. The number of fused-ring (bicyclic) bond motifs is 1. The molecule has 1 aliphatic rings. The Kier molecular flexibility index (Phi) is 6.37. The molecule has 1 aliphatic carbocycles. The molecule has 3 amide bonds. The van der Waals surface area contributed by atoms with E-state index >= 15 is 0 Å². The van der Waals surface area contributed by atoms with Gasteiger partial charge in [-0.15, -0.1) is 11.3 Å². The van der Waals surface area contributed by atoms with E-state index in [0.29, 0.717) is 22.0 Å². The van der Waals surface area contributed by atoms with Gasteiger partial charge in [-0.2, -0.15) is 0 Å². The second kappa shape index (κ2) is 8.78. The predicted molar refractivity (Wildman–Crippen MR) is 114 cm³/mol. The van der Waals surface area contributed by atoms with Gasteiger partial charge in [0.1, 0.15) is 5.00 Å². The first-order valence-corrected chi connectivity index (χ1v) is 10.6. The third kappa shape index (κ3) is 4.67. The maximum absolute atomic E-state index is 12.8. The molecule has 0 bridgehead atoms. The van der Waals surface area contributed by atoms with Crippen LogP contribution in [0.4, 0.5) is 9.80 Å². The second-order valence-corrected chi connectivity index (χ2v) is 8.59. The highest BCUT2D eigenvalue weighted by atomic mass is 32.1. The second-order valence-electron chi connectivity index (χ2n) is 7.48. The van der Waals surface area contributed by atoms with Crippen molar-refractivity contribution in [2.45, 2.75) is 47.0 Å². The lowest BCUT2D eigenvalue weighted by Gasteiger charge is -2.18. The molecule has 0 fully saturated rings. The maximum atomic E-state index is 12.8. The summed E-state index contributed by atoms with van der Waals surface area (Å²) in [5.41, 5.74) is 3.96. The molecule has 6 nitrogen and oxygen atoms in total. The summed E-state index contributed by atoms with van der Waals surface area (Å²) in [5, 5.41) is 5.65. The molecule has 0 unspecified atom stereocenters. The molecule has 3 rings (SSSR count). The average molecular weight is 415 g/mol. The largest absolute Gasteiger partial charge is 0.450 e. The Balaban J connectivity index is 1.92. The minimum atomic E-state index is -0.784. The van der Waals surface area contributed by atoms with Crippen molar-refractivity contribution < 1.29 is 19.1 Å². The molecule has 0 saturated heterocycles. The van der Waals surface area contributed by atoms with Crippen molar-refractivity contribution in [3.05, 3.63) is 50.9 Å². The van der Waals surface area contributed by atoms with Crippen LogP contribution in [-0.4, -0.2) is 24.5 Å². The van der Waals surface area contributed by atoms with Crippen LogP contribution in [0.15, 0.2) is 18.2 Å². The number of benzene rings is 1. The molecular formula is C22H26N2O4S. The van der Waals surface area contributed by atoms with Gasteiger partial charge in [0.15, 0.2) is 0 Å². The summed E-state index contributed by atoms with van der Waals surface area (Å²) < 4.78 is 4.83. The number of anilines is 1. The summed E-state index contributed by atoms with van der Waals surface area (Å²) >= 11 is 1.42. The molecule has 1 heterocycles. The number of thiophene rings is 1. The van der Waals surface area contributed by atoms with Crippen molar-refractivity contribution in [2.75, 3.05) is 11.9 Å². The fourth-order valence-corrected chi connectivity index (χ4v) is 4.86. The number of hydrogen-bond donors (Lipinski definition) is 2. The fraction of sp³-hybridized carbons (Fsp3) is 0.409. The van der Waals surface area contributed by atoms with E-state index in [0.717, 1.165) is 40.8 Å². The molecular weight excluding hydrogens is 388 g/mol. The number of alkyl carbamates (subject to hydrolysis) is 1. The van der Waals surface area contributed by atoms with Gasteiger partial charge in [0.25, 0.3) is 11.8 Å². The van der Waals surface area contributed by atoms with E-state index in [-0.39, 0.29) is 12.5 Å². The molecule has 0 aliphatic heterocycles. The highest BCUT2D eigenvalue weighted by Crippen LogP contribution is 2.39. The molecule has 29 heavy (non-hydrogen) atoms. The van der Waals surface area contributed by atoms with Gasteiger partial charge in [0, 0.05) is 10.4 Å². The van der Waals surface area contributed by atoms with E-state index in [2.05, 4.69) is 17.6 Å². The Hall–Kier alpha value is -2.67. The number of aryl methyl sites for hydroxylation is 2. The van der Waals surface area contributed by atoms with Crippen LogP contribution in [0.3, 0.4) is 0 Å². The zero-order valence-corrected chi connectivity index (χ0v) is 18.0. The van der Waals surface area contributed by atoms with E-state index in [1.165, 1.54) is 11.3 Å². The molecule has 2 aromatic rings. The number of carbonyl (C=O) groups excluding carboxylic acids is 3. The minimum Gasteiger partial charge on any atom is -0.450 e. The van der Waals surface area contributed by atoms with Crippen molar-refractivity contribution in [3.8, 4) is 0 Å². The molecule has 2 N–H and O–H groups in total. The normalized spacial score (nSPS) is 15.4. The van der Waals surface area contributed by atoms with Gasteiger partial charge in [0.2, 0.25) is 0 Å². The number of carbonyl (C=O) groups is 3. The van der Waals surface area contributed by atoms with Crippen LogP contribution in [0.25, 0.3) is 0 Å². The summed E-state index contributed by atoms with van der Waals surface area (Å²) in [6, 6.07) is 5.50. The van der Waals surface area contributed by atoms with Crippen LogP contribution >= 0.6 is 11.3 Å². The zero-order valence-electron chi connectivity index (χ0n) is 17.2. The van der Waals surface area contributed by atoms with E-state index in [9.17, 15) is 14.4 Å². The molecule has 7 heteroatoms. The van der Waals surface area contributed by atoms with Crippen LogP contribution in [0, 0.1) is 19.8 Å². The Morgan fingerprint density at radius 3 is 2.62 bits per heavy atom. The first-order valence-electron chi connectivity index (χ1n) is 9.81. The molecule has 1 aromatic carbocycles. The van der Waals surface area contributed by atoms with Crippen LogP contribution in [0.1, 0.15) is 62.6 Å². The Bertz CT molecular complexity index is 964. The highest BCUT2D eigenvalue weighted by Gasteiger charge is 2.29. The number of rotatable bonds is 4. The number of amides is 3. The third-order valence-electron chi connectivity index (χ3n) is 5.23. The first-order chi connectivity index (χ1) is 13.8. The van der Waals surface area contributed by atoms with Crippen molar-refractivity contribution in [2.24, 2.45) is 5.92 Å². The minimum absolute atomic E-state index is 0.175. The van der Waals surface area contributed by atoms with Crippen molar-refractivity contribution in [3.63, 3.8) is 0 Å². The maximum Gasteiger partial charge on any atom is 0.414 e. The Morgan fingerprint density at radius 2 is 1.93 bits per heavy atom. The van der Waals surface area contributed by atoms with E-state index in [4.69, 9.17) is 4.74 Å².